The monoisotopic (exact) mass is 306 g/mol. The van der Waals surface area contributed by atoms with E-state index in [1.54, 1.807) is 14.2 Å². The van der Waals surface area contributed by atoms with Gasteiger partial charge in [-0.2, -0.15) is 0 Å². The summed E-state index contributed by atoms with van der Waals surface area (Å²) in [5.41, 5.74) is 3.44. The Morgan fingerprint density at radius 3 is 2.50 bits per heavy atom. The van der Waals surface area contributed by atoms with Gasteiger partial charge in [0.2, 0.25) is 0 Å². The van der Waals surface area contributed by atoms with Crippen LogP contribution in [0.3, 0.4) is 0 Å². The number of methoxy groups -OCH3 is 2. The largest absolute Gasteiger partial charge is 0.493 e. The highest BCUT2D eigenvalue weighted by molar-refractivity contribution is 5.55. The molecule has 0 bridgehead atoms. The normalized spacial score (nSPS) is 10.2. The zero-order valence-corrected chi connectivity index (χ0v) is 14.0. The van der Waals surface area contributed by atoms with E-state index in [1.807, 2.05) is 32.0 Å². The van der Waals surface area contributed by atoms with Gasteiger partial charge in [-0.3, -0.25) is 0 Å². The van der Waals surface area contributed by atoms with Crippen LogP contribution in [-0.4, -0.2) is 33.7 Å². The zero-order chi connectivity index (χ0) is 16.4. The lowest BCUT2D eigenvalue weighted by Gasteiger charge is -2.13. The number of ether oxygens (including phenoxy) is 3. The minimum Gasteiger partial charge on any atom is -0.493 e. The van der Waals surface area contributed by atoms with Gasteiger partial charge in [0.05, 0.1) is 13.7 Å². The molecule has 122 valence electrons. The van der Waals surface area contributed by atoms with E-state index in [2.05, 4.69) is 0 Å². The van der Waals surface area contributed by atoms with Gasteiger partial charge in [-0.15, -0.1) is 0 Å². The van der Waals surface area contributed by atoms with Crippen LogP contribution in [-0.2, 0) is 16.0 Å². The van der Waals surface area contributed by atoms with Crippen molar-refractivity contribution in [2.24, 2.45) is 0 Å². The highest BCUT2D eigenvalue weighted by Gasteiger charge is 2.08. The summed E-state index contributed by atoms with van der Waals surface area (Å²) >= 11 is 0. The van der Waals surface area contributed by atoms with Crippen molar-refractivity contribution in [1.82, 2.24) is 0 Å². The Morgan fingerprint density at radius 2 is 1.91 bits per heavy atom. The number of carbonyl (C=O) groups excluding carboxylic acids is 1. The molecule has 0 N–H and O–H groups in total. The van der Waals surface area contributed by atoms with Crippen LogP contribution in [0.15, 0.2) is 29.3 Å². The van der Waals surface area contributed by atoms with Crippen molar-refractivity contribution < 1.29 is 19.0 Å². The zero-order valence-electron chi connectivity index (χ0n) is 14.0. The van der Waals surface area contributed by atoms with E-state index in [-0.39, 0.29) is 0 Å². The maximum Gasteiger partial charge on any atom is 0.161 e. The molecule has 0 aliphatic heterocycles. The molecule has 0 saturated heterocycles. The van der Waals surface area contributed by atoms with Gasteiger partial charge in [-0.05, 0) is 38.0 Å². The number of aldehydes is 1. The number of allylic oxidation sites excluding steroid dienone is 2. The molecule has 0 unspecified atom stereocenters. The van der Waals surface area contributed by atoms with Crippen LogP contribution in [0.1, 0.15) is 32.3 Å². The molecule has 0 spiro atoms. The number of rotatable bonds is 10. The number of benzene rings is 1. The number of hydrogen-bond donors (Lipinski definition) is 0. The lowest BCUT2D eigenvalue weighted by atomic mass is 9.99. The first kappa shape index (κ1) is 18.2. The third-order valence-corrected chi connectivity index (χ3v) is 3.43. The topological polar surface area (TPSA) is 44.8 Å². The van der Waals surface area contributed by atoms with Crippen molar-refractivity contribution in [2.45, 2.75) is 33.1 Å². The number of carbonyl (C=O) groups is 1. The van der Waals surface area contributed by atoms with Crippen molar-refractivity contribution in [3.63, 3.8) is 0 Å². The van der Waals surface area contributed by atoms with Crippen LogP contribution in [0.25, 0.3) is 0 Å². The highest BCUT2D eigenvalue weighted by atomic mass is 16.5. The third kappa shape index (κ3) is 5.90. The van der Waals surface area contributed by atoms with Gasteiger partial charge in [0.1, 0.15) is 6.29 Å². The molecule has 4 nitrogen and oxygen atoms in total. The van der Waals surface area contributed by atoms with Crippen LogP contribution in [0.2, 0.25) is 0 Å². The molecule has 4 heteroatoms. The van der Waals surface area contributed by atoms with Gasteiger partial charge < -0.3 is 19.0 Å². The molecule has 1 aromatic rings. The fraction of sp³-hybridized carbons (Fsp3) is 0.500. The molecule has 0 heterocycles. The Hall–Kier alpha value is -1.81. The average molecular weight is 306 g/mol. The van der Waals surface area contributed by atoms with E-state index in [9.17, 15) is 4.79 Å². The van der Waals surface area contributed by atoms with Crippen LogP contribution in [0.4, 0.5) is 0 Å². The second-order valence-corrected chi connectivity index (χ2v) is 5.33. The second kappa shape index (κ2) is 10.0. The molecule has 0 aliphatic carbocycles. The predicted molar refractivity (Wildman–Crippen MR) is 87.7 cm³/mol. The van der Waals surface area contributed by atoms with Crippen LogP contribution in [0, 0.1) is 0 Å². The van der Waals surface area contributed by atoms with Crippen molar-refractivity contribution in [3.05, 3.63) is 34.9 Å². The fourth-order valence-electron chi connectivity index (χ4n) is 2.13. The summed E-state index contributed by atoms with van der Waals surface area (Å²) in [5, 5.41) is 0. The standard InChI is InChI=1S/C18H26O4/c1-14(2)16(8-9-19)12-15-6-7-17(21-4)18(13-15)22-11-5-10-20-3/h6-7,9,13H,5,8,10-12H2,1-4H3. The molecule has 0 radical (unpaired) electrons. The van der Waals surface area contributed by atoms with Crippen LogP contribution >= 0.6 is 0 Å². The average Bonchev–Trinajstić information content (AvgIpc) is 2.51. The minimum atomic E-state index is 0.471. The van der Waals surface area contributed by atoms with Gasteiger partial charge >= 0.3 is 0 Å². The van der Waals surface area contributed by atoms with Crippen LogP contribution in [0.5, 0.6) is 11.5 Å². The molecular weight excluding hydrogens is 280 g/mol. The van der Waals surface area contributed by atoms with Gasteiger partial charge in [0.25, 0.3) is 0 Å². The smallest absolute Gasteiger partial charge is 0.161 e. The summed E-state index contributed by atoms with van der Waals surface area (Å²) in [4.78, 5) is 10.8. The molecule has 1 rings (SSSR count). The Kier molecular flexibility index (Phi) is 8.30. The van der Waals surface area contributed by atoms with Gasteiger partial charge in [-0.25, -0.2) is 0 Å². The van der Waals surface area contributed by atoms with Crippen molar-refractivity contribution in [2.75, 3.05) is 27.4 Å². The van der Waals surface area contributed by atoms with E-state index in [0.717, 1.165) is 41.8 Å². The van der Waals surface area contributed by atoms with E-state index in [4.69, 9.17) is 14.2 Å². The maximum atomic E-state index is 10.8. The van der Waals surface area contributed by atoms with Gasteiger partial charge in [0, 0.05) is 26.6 Å². The van der Waals surface area contributed by atoms with Crippen molar-refractivity contribution in [3.8, 4) is 11.5 Å². The fourth-order valence-corrected chi connectivity index (χ4v) is 2.13. The SMILES string of the molecule is COCCCOc1cc(CC(CC=O)=C(C)C)ccc1OC. The number of hydrogen-bond acceptors (Lipinski definition) is 4. The van der Waals surface area contributed by atoms with E-state index in [0.29, 0.717) is 19.6 Å². The second-order valence-electron chi connectivity index (χ2n) is 5.33. The first-order chi connectivity index (χ1) is 10.6. The predicted octanol–water partition coefficient (Wildman–Crippen LogP) is 3.58. The summed E-state index contributed by atoms with van der Waals surface area (Å²) in [6.45, 7) is 5.32. The summed E-state index contributed by atoms with van der Waals surface area (Å²) in [5.74, 6) is 1.45. The lowest BCUT2D eigenvalue weighted by Crippen LogP contribution is -2.03. The van der Waals surface area contributed by atoms with Gasteiger partial charge in [0.15, 0.2) is 11.5 Å². The minimum absolute atomic E-state index is 0.471. The van der Waals surface area contributed by atoms with Crippen LogP contribution < -0.4 is 9.47 Å². The summed E-state index contributed by atoms with van der Waals surface area (Å²) in [6.07, 6.45) is 3.00. The van der Waals surface area contributed by atoms with E-state index in [1.165, 1.54) is 5.57 Å². The highest BCUT2D eigenvalue weighted by Crippen LogP contribution is 2.29. The van der Waals surface area contributed by atoms with E-state index < -0.39 is 0 Å². The third-order valence-electron chi connectivity index (χ3n) is 3.43. The molecule has 22 heavy (non-hydrogen) atoms. The van der Waals surface area contributed by atoms with Crippen molar-refractivity contribution >= 4 is 6.29 Å². The first-order valence-corrected chi connectivity index (χ1v) is 7.49. The Morgan fingerprint density at radius 1 is 1.14 bits per heavy atom. The molecule has 0 fully saturated rings. The Labute approximate surface area is 133 Å². The lowest BCUT2D eigenvalue weighted by molar-refractivity contribution is -0.107. The molecule has 0 atom stereocenters. The Bertz CT molecular complexity index is 502. The first-order valence-electron chi connectivity index (χ1n) is 7.49. The molecule has 0 amide bonds. The van der Waals surface area contributed by atoms with Gasteiger partial charge in [-0.1, -0.05) is 17.2 Å². The van der Waals surface area contributed by atoms with E-state index >= 15 is 0 Å². The Balaban J connectivity index is 2.84. The molecular formula is C18H26O4. The quantitative estimate of drug-likeness (QED) is 0.376. The van der Waals surface area contributed by atoms with Crippen molar-refractivity contribution in [1.29, 1.82) is 0 Å². The summed E-state index contributed by atoms with van der Waals surface area (Å²) in [7, 11) is 3.31. The summed E-state index contributed by atoms with van der Waals surface area (Å²) < 4.78 is 16.1. The molecule has 0 saturated carbocycles. The molecule has 1 aromatic carbocycles. The summed E-state index contributed by atoms with van der Waals surface area (Å²) in [6, 6.07) is 5.90. The molecule has 0 aliphatic rings. The molecule has 0 aromatic heterocycles. The maximum absolute atomic E-state index is 10.8.